The molecule has 0 spiro atoms. The maximum absolute atomic E-state index is 12.3. The van der Waals surface area contributed by atoms with E-state index in [1.165, 1.54) is 6.07 Å². The van der Waals surface area contributed by atoms with E-state index in [0.717, 1.165) is 9.37 Å². The van der Waals surface area contributed by atoms with Crippen LogP contribution in [0.4, 0.5) is 5.69 Å². The van der Waals surface area contributed by atoms with Crippen molar-refractivity contribution in [1.29, 1.82) is 0 Å². The topological polar surface area (TPSA) is 46.2 Å². The van der Waals surface area contributed by atoms with Crippen molar-refractivity contribution in [2.45, 2.75) is 9.79 Å². The molecule has 2 aromatic rings. The van der Waals surface area contributed by atoms with Gasteiger partial charge in [0.2, 0.25) is 0 Å². The summed E-state index contributed by atoms with van der Waals surface area (Å²) >= 11 is 10.8. The van der Waals surface area contributed by atoms with Gasteiger partial charge < -0.3 is 0 Å². The van der Waals surface area contributed by atoms with Crippen LogP contribution in [0.25, 0.3) is 0 Å². The van der Waals surface area contributed by atoms with Gasteiger partial charge in [0.25, 0.3) is 10.0 Å². The number of hydrogen-bond acceptors (Lipinski definition) is 3. The third-order valence-corrected chi connectivity index (χ3v) is 5.59. The standard InChI is InChI=1S/C13H11BrClNO2S2/c1-19-11-4-2-3-10(8-11)16-20(17,18)13-6-5-9(14)7-12(13)15/h2-8,16H,1H3. The molecule has 0 aliphatic rings. The smallest absolute Gasteiger partial charge is 0.263 e. The summed E-state index contributed by atoms with van der Waals surface area (Å²) in [7, 11) is -3.70. The lowest BCUT2D eigenvalue weighted by molar-refractivity contribution is 0.601. The summed E-state index contributed by atoms with van der Waals surface area (Å²) in [5.41, 5.74) is 0.510. The normalized spacial score (nSPS) is 11.3. The Morgan fingerprint density at radius 1 is 1.20 bits per heavy atom. The van der Waals surface area contributed by atoms with Crippen LogP contribution < -0.4 is 4.72 Å². The molecule has 0 amide bonds. The summed E-state index contributed by atoms with van der Waals surface area (Å²) in [6, 6.07) is 11.8. The number of halogens is 2. The molecule has 0 heterocycles. The van der Waals surface area contributed by atoms with Crippen LogP contribution in [0.5, 0.6) is 0 Å². The molecule has 0 unspecified atom stereocenters. The lowest BCUT2D eigenvalue weighted by atomic mass is 10.3. The lowest BCUT2D eigenvalue weighted by Gasteiger charge is -2.10. The molecule has 20 heavy (non-hydrogen) atoms. The monoisotopic (exact) mass is 391 g/mol. The zero-order chi connectivity index (χ0) is 14.8. The highest BCUT2D eigenvalue weighted by atomic mass is 79.9. The third kappa shape index (κ3) is 3.69. The van der Waals surface area contributed by atoms with Gasteiger partial charge in [-0.1, -0.05) is 33.6 Å². The molecule has 0 fully saturated rings. The Hall–Kier alpha value is -0.690. The maximum atomic E-state index is 12.3. The maximum Gasteiger partial charge on any atom is 0.263 e. The molecule has 0 bridgehead atoms. The molecule has 0 aliphatic carbocycles. The van der Waals surface area contributed by atoms with Crippen molar-refractivity contribution in [2.75, 3.05) is 11.0 Å². The Morgan fingerprint density at radius 3 is 2.60 bits per heavy atom. The summed E-state index contributed by atoms with van der Waals surface area (Å²) in [5.74, 6) is 0. The first-order chi connectivity index (χ1) is 9.42. The van der Waals surface area contributed by atoms with Crippen molar-refractivity contribution >= 4 is 55.0 Å². The molecule has 7 heteroatoms. The average Bonchev–Trinajstić information content (AvgIpc) is 2.37. The van der Waals surface area contributed by atoms with Gasteiger partial charge in [0.1, 0.15) is 4.90 Å². The second kappa shape index (κ2) is 6.39. The van der Waals surface area contributed by atoms with E-state index >= 15 is 0 Å². The summed E-state index contributed by atoms with van der Waals surface area (Å²) in [5, 5.41) is 0.174. The van der Waals surface area contributed by atoms with Crippen LogP contribution >= 0.6 is 39.3 Å². The van der Waals surface area contributed by atoms with E-state index in [2.05, 4.69) is 20.7 Å². The van der Waals surface area contributed by atoms with Gasteiger partial charge in [0.05, 0.1) is 5.02 Å². The first-order valence-electron chi connectivity index (χ1n) is 5.54. The minimum Gasteiger partial charge on any atom is -0.280 e. The summed E-state index contributed by atoms with van der Waals surface area (Å²) in [4.78, 5) is 1.03. The fraction of sp³-hybridized carbons (Fsp3) is 0.0769. The van der Waals surface area contributed by atoms with Gasteiger partial charge in [-0.3, -0.25) is 4.72 Å². The SMILES string of the molecule is CSc1cccc(NS(=O)(=O)c2ccc(Br)cc2Cl)c1. The van der Waals surface area contributed by atoms with E-state index in [9.17, 15) is 8.42 Å². The average molecular weight is 393 g/mol. The van der Waals surface area contributed by atoms with Gasteiger partial charge in [-0.2, -0.15) is 0 Å². The molecule has 0 aromatic heterocycles. The molecule has 1 N–H and O–H groups in total. The first-order valence-corrected chi connectivity index (χ1v) is 9.42. The Balaban J connectivity index is 2.35. The highest BCUT2D eigenvalue weighted by Gasteiger charge is 2.18. The fourth-order valence-electron chi connectivity index (χ4n) is 1.59. The van der Waals surface area contributed by atoms with Crippen molar-refractivity contribution in [3.63, 3.8) is 0 Å². The Kier molecular flexibility index (Phi) is 5.01. The summed E-state index contributed by atoms with van der Waals surface area (Å²) in [6.07, 6.45) is 1.93. The molecule has 0 saturated carbocycles. The van der Waals surface area contributed by atoms with E-state index in [4.69, 9.17) is 11.6 Å². The third-order valence-electron chi connectivity index (χ3n) is 2.51. The molecule has 0 saturated heterocycles. The highest BCUT2D eigenvalue weighted by molar-refractivity contribution is 9.10. The highest BCUT2D eigenvalue weighted by Crippen LogP contribution is 2.27. The van der Waals surface area contributed by atoms with Gasteiger partial charge in [-0.25, -0.2) is 8.42 Å². The number of sulfonamides is 1. The Morgan fingerprint density at radius 2 is 1.95 bits per heavy atom. The van der Waals surface area contributed by atoms with Crippen LogP contribution in [-0.4, -0.2) is 14.7 Å². The van der Waals surface area contributed by atoms with Crippen LogP contribution in [0, 0.1) is 0 Å². The molecular weight excluding hydrogens is 382 g/mol. The number of nitrogens with one attached hydrogen (secondary N) is 1. The number of benzene rings is 2. The van der Waals surface area contributed by atoms with E-state index in [1.54, 1.807) is 42.1 Å². The van der Waals surface area contributed by atoms with E-state index in [1.807, 2.05) is 12.3 Å². The Bertz CT molecular complexity index is 735. The lowest BCUT2D eigenvalue weighted by Crippen LogP contribution is -2.13. The number of hydrogen-bond donors (Lipinski definition) is 1. The molecule has 0 atom stereocenters. The number of anilines is 1. The van der Waals surface area contributed by atoms with Crippen LogP contribution in [0.2, 0.25) is 5.02 Å². The van der Waals surface area contributed by atoms with Gasteiger partial charge in [0.15, 0.2) is 0 Å². The van der Waals surface area contributed by atoms with E-state index in [-0.39, 0.29) is 9.92 Å². The predicted octanol–water partition coefficient (Wildman–Crippen LogP) is 4.63. The van der Waals surface area contributed by atoms with Gasteiger partial charge >= 0.3 is 0 Å². The Labute approximate surface area is 135 Å². The molecule has 3 nitrogen and oxygen atoms in total. The van der Waals surface area contributed by atoms with Crippen LogP contribution in [0.3, 0.4) is 0 Å². The van der Waals surface area contributed by atoms with E-state index < -0.39 is 10.0 Å². The van der Waals surface area contributed by atoms with Crippen LogP contribution in [0.15, 0.2) is 56.7 Å². The van der Waals surface area contributed by atoms with E-state index in [0.29, 0.717) is 5.69 Å². The van der Waals surface area contributed by atoms with Crippen molar-refractivity contribution in [3.05, 3.63) is 52.0 Å². The second-order valence-electron chi connectivity index (χ2n) is 3.91. The van der Waals surface area contributed by atoms with Crippen molar-refractivity contribution in [2.24, 2.45) is 0 Å². The molecular formula is C13H11BrClNO2S2. The number of rotatable bonds is 4. The largest absolute Gasteiger partial charge is 0.280 e. The van der Waals surface area contributed by atoms with Crippen molar-refractivity contribution < 1.29 is 8.42 Å². The van der Waals surface area contributed by atoms with Gasteiger partial charge in [0, 0.05) is 15.1 Å². The molecule has 2 rings (SSSR count). The molecule has 106 valence electrons. The van der Waals surface area contributed by atoms with Crippen molar-refractivity contribution in [1.82, 2.24) is 0 Å². The quantitative estimate of drug-likeness (QED) is 0.772. The number of thioether (sulfide) groups is 1. The summed E-state index contributed by atoms with van der Waals surface area (Å²) in [6.45, 7) is 0. The minimum atomic E-state index is -3.70. The van der Waals surface area contributed by atoms with Gasteiger partial charge in [-0.15, -0.1) is 11.8 Å². The van der Waals surface area contributed by atoms with Crippen LogP contribution in [-0.2, 0) is 10.0 Å². The minimum absolute atomic E-state index is 0.0527. The van der Waals surface area contributed by atoms with Crippen LogP contribution in [0.1, 0.15) is 0 Å². The summed E-state index contributed by atoms with van der Waals surface area (Å²) < 4.78 is 27.9. The molecule has 0 aliphatic heterocycles. The predicted molar refractivity (Wildman–Crippen MR) is 88.2 cm³/mol. The molecule has 2 aromatic carbocycles. The second-order valence-corrected chi connectivity index (χ2v) is 7.77. The fourth-order valence-corrected chi connectivity index (χ4v) is 4.14. The zero-order valence-electron chi connectivity index (χ0n) is 10.4. The first kappa shape index (κ1) is 15.7. The molecule has 0 radical (unpaired) electrons. The van der Waals surface area contributed by atoms with Crippen molar-refractivity contribution in [3.8, 4) is 0 Å². The van der Waals surface area contributed by atoms with Gasteiger partial charge in [-0.05, 0) is 42.7 Å². The zero-order valence-corrected chi connectivity index (χ0v) is 14.4.